The fourth-order valence-corrected chi connectivity index (χ4v) is 4.29. The van der Waals surface area contributed by atoms with Crippen molar-refractivity contribution < 1.29 is 5.11 Å². The first kappa shape index (κ1) is 13.5. The lowest BCUT2D eigenvalue weighted by Crippen LogP contribution is -2.39. The zero-order chi connectivity index (χ0) is 13.3. The molecule has 1 aromatic rings. The molecule has 19 heavy (non-hydrogen) atoms. The molecule has 2 heteroatoms. The van der Waals surface area contributed by atoms with Crippen LogP contribution in [-0.2, 0) is 6.42 Å². The molecular weight excluding hydrogens is 256 g/mol. The van der Waals surface area contributed by atoms with E-state index < -0.39 is 5.60 Å². The molecule has 2 saturated carbocycles. The summed E-state index contributed by atoms with van der Waals surface area (Å²) in [7, 11) is 0. The molecule has 0 aromatic heterocycles. The summed E-state index contributed by atoms with van der Waals surface area (Å²) < 4.78 is 0. The van der Waals surface area contributed by atoms with Gasteiger partial charge in [-0.1, -0.05) is 36.6 Å². The maximum Gasteiger partial charge on any atom is 0.0688 e. The average Bonchev–Trinajstić information content (AvgIpc) is 2.83. The molecule has 2 aliphatic carbocycles. The smallest absolute Gasteiger partial charge is 0.0688 e. The monoisotopic (exact) mass is 278 g/mol. The van der Waals surface area contributed by atoms with Crippen molar-refractivity contribution in [2.24, 2.45) is 5.41 Å². The minimum absolute atomic E-state index is 0.501. The lowest BCUT2D eigenvalue weighted by molar-refractivity contribution is -0.0322. The topological polar surface area (TPSA) is 20.2 Å². The molecular formula is C17H23ClO. The number of hydrogen-bond acceptors (Lipinski definition) is 1. The molecule has 0 radical (unpaired) electrons. The number of halogens is 1. The molecule has 1 nitrogen and oxygen atoms in total. The highest BCUT2D eigenvalue weighted by molar-refractivity contribution is 6.30. The Hall–Kier alpha value is -0.530. The van der Waals surface area contributed by atoms with Gasteiger partial charge in [-0.2, -0.15) is 0 Å². The van der Waals surface area contributed by atoms with Gasteiger partial charge in [0.15, 0.2) is 0 Å². The molecule has 0 atom stereocenters. The molecule has 0 saturated heterocycles. The Morgan fingerprint density at radius 1 is 1.00 bits per heavy atom. The first-order valence-corrected chi connectivity index (χ1v) is 7.94. The molecule has 3 rings (SSSR count). The van der Waals surface area contributed by atoms with E-state index in [-0.39, 0.29) is 0 Å². The van der Waals surface area contributed by atoms with Crippen molar-refractivity contribution in [1.29, 1.82) is 0 Å². The van der Waals surface area contributed by atoms with Crippen LogP contribution < -0.4 is 0 Å². The van der Waals surface area contributed by atoms with Crippen LogP contribution >= 0.6 is 11.6 Å². The minimum Gasteiger partial charge on any atom is -0.390 e. The molecule has 0 aliphatic heterocycles. The van der Waals surface area contributed by atoms with Gasteiger partial charge in [-0.3, -0.25) is 0 Å². The zero-order valence-electron chi connectivity index (χ0n) is 11.5. The van der Waals surface area contributed by atoms with Gasteiger partial charge < -0.3 is 5.11 Å². The summed E-state index contributed by atoms with van der Waals surface area (Å²) in [6, 6.07) is 7.93. The van der Waals surface area contributed by atoms with E-state index in [0.717, 1.165) is 29.8 Å². The zero-order valence-corrected chi connectivity index (χ0v) is 12.3. The van der Waals surface area contributed by atoms with Crippen LogP contribution in [-0.4, -0.2) is 10.7 Å². The quantitative estimate of drug-likeness (QED) is 0.828. The van der Waals surface area contributed by atoms with E-state index in [1.54, 1.807) is 0 Å². The van der Waals surface area contributed by atoms with Crippen LogP contribution in [0, 0.1) is 5.41 Å². The van der Waals surface area contributed by atoms with E-state index >= 15 is 0 Å². The molecule has 104 valence electrons. The van der Waals surface area contributed by atoms with Crippen LogP contribution in [0.3, 0.4) is 0 Å². The second-order valence-electron chi connectivity index (χ2n) is 6.74. The Kier molecular flexibility index (Phi) is 3.61. The van der Waals surface area contributed by atoms with Gasteiger partial charge in [-0.15, -0.1) is 0 Å². The van der Waals surface area contributed by atoms with Crippen molar-refractivity contribution in [3.63, 3.8) is 0 Å². The van der Waals surface area contributed by atoms with E-state index in [1.807, 2.05) is 18.2 Å². The highest BCUT2D eigenvalue weighted by Crippen LogP contribution is 2.51. The van der Waals surface area contributed by atoms with Crippen molar-refractivity contribution in [2.75, 3.05) is 0 Å². The van der Waals surface area contributed by atoms with Gasteiger partial charge in [0.2, 0.25) is 0 Å². The van der Waals surface area contributed by atoms with E-state index in [0.29, 0.717) is 5.41 Å². The molecule has 0 bridgehead atoms. The second kappa shape index (κ2) is 5.10. The highest BCUT2D eigenvalue weighted by Gasteiger charge is 2.42. The van der Waals surface area contributed by atoms with E-state index in [4.69, 9.17) is 11.6 Å². The summed E-state index contributed by atoms with van der Waals surface area (Å²) in [5.41, 5.74) is 1.25. The van der Waals surface area contributed by atoms with Gasteiger partial charge in [0, 0.05) is 11.4 Å². The first-order chi connectivity index (χ1) is 9.09. The lowest BCUT2D eigenvalue weighted by Gasteiger charge is -2.42. The Bertz CT molecular complexity index is 438. The van der Waals surface area contributed by atoms with Crippen molar-refractivity contribution >= 4 is 11.6 Å². The third kappa shape index (κ3) is 2.98. The summed E-state index contributed by atoms with van der Waals surface area (Å²) in [5, 5.41) is 11.6. The van der Waals surface area contributed by atoms with Gasteiger partial charge in [0.1, 0.15) is 0 Å². The van der Waals surface area contributed by atoms with E-state index in [9.17, 15) is 5.11 Å². The minimum atomic E-state index is -0.501. The maximum atomic E-state index is 10.8. The standard InChI is InChI=1S/C17H23ClO/c18-15-5-3-4-14(12-15)13-17(19)10-8-16(9-11-17)6-1-2-7-16/h3-5,12,19H,1-2,6-11,13H2. The Morgan fingerprint density at radius 2 is 1.68 bits per heavy atom. The molecule has 0 heterocycles. The molecule has 1 aromatic carbocycles. The fraction of sp³-hybridized carbons (Fsp3) is 0.647. The lowest BCUT2D eigenvalue weighted by atomic mass is 9.66. The summed E-state index contributed by atoms with van der Waals surface area (Å²) in [6.07, 6.45) is 10.7. The molecule has 1 N–H and O–H groups in total. The van der Waals surface area contributed by atoms with Crippen LogP contribution in [0.4, 0.5) is 0 Å². The van der Waals surface area contributed by atoms with E-state index in [2.05, 4.69) is 6.07 Å². The Balaban J connectivity index is 1.65. The van der Waals surface area contributed by atoms with Gasteiger partial charge >= 0.3 is 0 Å². The summed E-state index contributed by atoms with van der Waals surface area (Å²) in [4.78, 5) is 0. The van der Waals surface area contributed by atoms with Crippen molar-refractivity contribution in [3.8, 4) is 0 Å². The number of aliphatic hydroxyl groups is 1. The van der Waals surface area contributed by atoms with Crippen LogP contribution in [0.1, 0.15) is 56.9 Å². The molecule has 1 spiro atoms. The summed E-state index contributed by atoms with van der Waals surface area (Å²) in [6.45, 7) is 0. The molecule has 2 aliphatic rings. The maximum absolute atomic E-state index is 10.8. The molecule has 0 unspecified atom stereocenters. The molecule has 2 fully saturated rings. The first-order valence-electron chi connectivity index (χ1n) is 7.56. The van der Waals surface area contributed by atoms with Crippen molar-refractivity contribution in [3.05, 3.63) is 34.9 Å². The van der Waals surface area contributed by atoms with Gasteiger partial charge in [-0.25, -0.2) is 0 Å². The third-order valence-electron chi connectivity index (χ3n) is 5.33. The summed E-state index contributed by atoms with van der Waals surface area (Å²) in [5.74, 6) is 0. The predicted molar refractivity (Wildman–Crippen MR) is 79.5 cm³/mol. The van der Waals surface area contributed by atoms with Crippen LogP contribution in [0.5, 0.6) is 0 Å². The fourth-order valence-electron chi connectivity index (χ4n) is 4.07. The highest BCUT2D eigenvalue weighted by atomic mass is 35.5. The SMILES string of the molecule is OC1(Cc2cccc(Cl)c2)CCC2(CCCC2)CC1. The largest absolute Gasteiger partial charge is 0.390 e. The van der Waals surface area contributed by atoms with Crippen molar-refractivity contribution in [1.82, 2.24) is 0 Å². The number of benzene rings is 1. The van der Waals surface area contributed by atoms with Crippen LogP contribution in [0.25, 0.3) is 0 Å². The summed E-state index contributed by atoms with van der Waals surface area (Å²) >= 11 is 6.02. The number of rotatable bonds is 2. The van der Waals surface area contributed by atoms with Crippen LogP contribution in [0.15, 0.2) is 24.3 Å². The van der Waals surface area contributed by atoms with Gasteiger partial charge in [0.25, 0.3) is 0 Å². The normalized spacial score (nSPS) is 24.7. The molecule has 0 amide bonds. The predicted octanol–water partition coefficient (Wildman–Crippen LogP) is 4.75. The Morgan fingerprint density at radius 3 is 2.32 bits per heavy atom. The van der Waals surface area contributed by atoms with E-state index in [1.165, 1.54) is 38.5 Å². The van der Waals surface area contributed by atoms with Crippen molar-refractivity contribution in [2.45, 2.75) is 63.4 Å². The van der Waals surface area contributed by atoms with Gasteiger partial charge in [-0.05, 0) is 61.6 Å². The van der Waals surface area contributed by atoms with Crippen LogP contribution in [0.2, 0.25) is 5.02 Å². The average molecular weight is 279 g/mol. The Labute approximate surface area is 121 Å². The number of hydrogen-bond donors (Lipinski definition) is 1. The van der Waals surface area contributed by atoms with Gasteiger partial charge in [0.05, 0.1) is 5.60 Å². The second-order valence-corrected chi connectivity index (χ2v) is 7.17. The third-order valence-corrected chi connectivity index (χ3v) is 5.56.